The molecule has 0 bridgehead atoms. The first-order valence-electron chi connectivity index (χ1n) is 5.84. The number of hydrogen-bond acceptors (Lipinski definition) is 3. The quantitative estimate of drug-likeness (QED) is 0.831. The average Bonchev–Trinajstić information content (AvgIpc) is 2.83. The molecule has 2 heterocycles. The van der Waals surface area contributed by atoms with E-state index in [1.807, 2.05) is 12.1 Å². The van der Waals surface area contributed by atoms with Crippen molar-refractivity contribution in [2.75, 3.05) is 19.0 Å². The largest absolute Gasteiger partial charge is 0.497 e. The summed E-state index contributed by atoms with van der Waals surface area (Å²) < 4.78 is 5.16. The zero-order valence-electron chi connectivity index (χ0n) is 9.79. The van der Waals surface area contributed by atoms with Gasteiger partial charge >= 0.3 is 0 Å². The van der Waals surface area contributed by atoms with E-state index in [1.54, 1.807) is 7.11 Å². The number of benzene rings is 1. The molecule has 88 valence electrons. The van der Waals surface area contributed by atoms with Gasteiger partial charge in [-0.1, -0.05) is 0 Å². The Morgan fingerprint density at radius 2 is 2.06 bits per heavy atom. The third-order valence-electron chi connectivity index (χ3n) is 3.14. The maximum Gasteiger partial charge on any atom is 0.151 e. The first-order valence-corrected chi connectivity index (χ1v) is 5.84. The topological polar surface area (TPSA) is 49.9 Å². The van der Waals surface area contributed by atoms with E-state index in [0.29, 0.717) is 0 Å². The van der Waals surface area contributed by atoms with Crippen LogP contribution in [0.5, 0.6) is 5.75 Å². The number of fused-ring (bicyclic) bond motifs is 1. The van der Waals surface area contributed by atoms with Gasteiger partial charge in [-0.15, -0.1) is 0 Å². The molecule has 0 saturated heterocycles. The lowest BCUT2D eigenvalue weighted by Crippen LogP contribution is -2.10. The molecule has 17 heavy (non-hydrogen) atoms. The van der Waals surface area contributed by atoms with E-state index in [2.05, 4.69) is 27.6 Å². The van der Waals surface area contributed by atoms with Gasteiger partial charge in [0.25, 0.3) is 0 Å². The number of aromatic amines is 1. The molecular formula is C13H15N3O. The molecule has 0 atom stereocenters. The molecule has 1 aromatic heterocycles. The van der Waals surface area contributed by atoms with Crippen molar-refractivity contribution in [1.82, 2.24) is 10.2 Å². The van der Waals surface area contributed by atoms with Gasteiger partial charge in [-0.2, -0.15) is 5.10 Å². The molecule has 2 N–H and O–H groups in total. The Morgan fingerprint density at radius 3 is 2.82 bits per heavy atom. The molecule has 0 radical (unpaired) electrons. The summed E-state index contributed by atoms with van der Waals surface area (Å²) in [4.78, 5) is 0. The Hall–Kier alpha value is -1.97. The van der Waals surface area contributed by atoms with E-state index in [9.17, 15) is 0 Å². The highest BCUT2D eigenvalue weighted by molar-refractivity contribution is 5.70. The Morgan fingerprint density at radius 1 is 1.24 bits per heavy atom. The van der Waals surface area contributed by atoms with Crippen LogP contribution < -0.4 is 10.1 Å². The molecule has 4 nitrogen and oxygen atoms in total. The number of methoxy groups -OCH3 is 1. The molecule has 2 aromatic rings. The van der Waals surface area contributed by atoms with Crippen LogP contribution in [0, 0.1) is 0 Å². The molecule has 0 spiro atoms. The number of aromatic nitrogens is 2. The van der Waals surface area contributed by atoms with E-state index in [-0.39, 0.29) is 0 Å². The molecule has 3 rings (SSSR count). The van der Waals surface area contributed by atoms with E-state index in [1.165, 1.54) is 5.56 Å². The van der Waals surface area contributed by atoms with E-state index >= 15 is 0 Å². The van der Waals surface area contributed by atoms with Crippen LogP contribution in [0.4, 0.5) is 5.82 Å². The second-order valence-corrected chi connectivity index (χ2v) is 4.18. The molecule has 1 aliphatic rings. The minimum atomic E-state index is 0.875. The summed E-state index contributed by atoms with van der Waals surface area (Å²) in [5.41, 5.74) is 3.57. The molecule has 0 unspecified atom stereocenters. The minimum Gasteiger partial charge on any atom is -0.497 e. The number of anilines is 1. The fourth-order valence-electron chi connectivity index (χ4n) is 2.22. The van der Waals surface area contributed by atoms with Crippen molar-refractivity contribution in [2.24, 2.45) is 0 Å². The number of ether oxygens (including phenoxy) is 1. The van der Waals surface area contributed by atoms with Crippen LogP contribution in [0.25, 0.3) is 11.3 Å². The van der Waals surface area contributed by atoms with Crippen LogP contribution in [-0.4, -0.2) is 23.9 Å². The van der Waals surface area contributed by atoms with Gasteiger partial charge in [-0.05, 0) is 37.1 Å². The van der Waals surface area contributed by atoms with Crippen LogP contribution in [0.2, 0.25) is 0 Å². The number of hydrogen-bond donors (Lipinski definition) is 2. The number of nitrogens with zero attached hydrogens (tertiary/aromatic N) is 1. The van der Waals surface area contributed by atoms with Gasteiger partial charge in [0.1, 0.15) is 5.75 Å². The van der Waals surface area contributed by atoms with Gasteiger partial charge in [0, 0.05) is 17.7 Å². The fourth-order valence-corrected chi connectivity index (χ4v) is 2.22. The Balaban J connectivity index is 2.00. The summed E-state index contributed by atoms with van der Waals surface area (Å²) in [6, 6.07) is 8.06. The minimum absolute atomic E-state index is 0.875. The van der Waals surface area contributed by atoms with Crippen molar-refractivity contribution in [2.45, 2.75) is 12.8 Å². The van der Waals surface area contributed by atoms with Crippen molar-refractivity contribution in [3.63, 3.8) is 0 Å². The van der Waals surface area contributed by atoms with Gasteiger partial charge in [0.05, 0.1) is 12.8 Å². The van der Waals surface area contributed by atoms with Gasteiger partial charge in [-0.25, -0.2) is 0 Å². The fraction of sp³-hybridized carbons (Fsp3) is 0.308. The highest BCUT2D eigenvalue weighted by Crippen LogP contribution is 2.30. The lowest BCUT2D eigenvalue weighted by Gasteiger charge is -2.13. The smallest absolute Gasteiger partial charge is 0.151 e. The predicted molar refractivity (Wildman–Crippen MR) is 67.4 cm³/mol. The summed E-state index contributed by atoms with van der Waals surface area (Å²) >= 11 is 0. The Bertz CT molecular complexity index is 516. The predicted octanol–water partition coefficient (Wildman–Crippen LogP) is 2.44. The van der Waals surface area contributed by atoms with Crippen molar-refractivity contribution >= 4 is 5.82 Å². The van der Waals surface area contributed by atoms with Crippen molar-refractivity contribution in [1.29, 1.82) is 0 Å². The monoisotopic (exact) mass is 229 g/mol. The van der Waals surface area contributed by atoms with E-state index < -0.39 is 0 Å². The van der Waals surface area contributed by atoms with Crippen LogP contribution in [0.3, 0.4) is 0 Å². The third-order valence-corrected chi connectivity index (χ3v) is 3.14. The first-order chi connectivity index (χ1) is 8.38. The second kappa shape index (κ2) is 4.13. The van der Waals surface area contributed by atoms with Gasteiger partial charge in [0.15, 0.2) is 5.82 Å². The highest BCUT2D eigenvalue weighted by atomic mass is 16.5. The zero-order valence-corrected chi connectivity index (χ0v) is 9.79. The standard InChI is InChI=1S/C13H15N3O/c1-17-10-6-4-9(5-7-10)12-11-3-2-8-14-13(11)16-15-12/h4-7H,2-3,8H2,1H3,(H2,14,15,16). The van der Waals surface area contributed by atoms with Gasteiger partial charge in [-0.3, -0.25) is 5.10 Å². The van der Waals surface area contributed by atoms with Crippen LogP contribution in [0.1, 0.15) is 12.0 Å². The second-order valence-electron chi connectivity index (χ2n) is 4.18. The SMILES string of the molecule is COc1ccc(-c2[nH]nc3c2CCCN3)cc1. The van der Waals surface area contributed by atoms with Crippen LogP contribution >= 0.6 is 0 Å². The summed E-state index contributed by atoms with van der Waals surface area (Å²) in [6.07, 6.45) is 2.25. The molecule has 1 aliphatic heterocycles. The number of nitrogens with one attached hydrogen (secondary N) is 2. The molecule has 0 saturated carbocycles. The van der Waals surface area contributed by atoms with Crippen LogP contribution in [0.15, 0.2) is 24.3 Å². The molecule has 0 aliphatic carbocycles. The van der Waals surface area contributed by atoms with Gasteiger partial charge < -0.3 is 10.1 Å². The summed E-state index contributed by atoms with van der Waals surface area (Å²) in [5, 5.41) is 10.7. The molecule has 4 heteroatoms. The lowest BCUT2D eigenvalue weighted by molar-refractivity contribution is 0.415. The lowest BCUT2D eigenvalue weighted by atomic mass is 10.0. The van der Waals surface area contributed by atoms with E-state index in [4.69, 9.17) is 4.74 Å². The van der Waals surface area contributed by atoms with Crippen molar-refractivity contribution < 1.29 is 4.74 Å². The molecule has 1 aromatic carbocycles. The average molecular weight is 229 g/mol. The zero-order chi connectivity index (χ0) is 11.7. The normalized spacial score (nSPS) is 13.9. The highest BCUT2D eigenvalue weighted by Gasteiger charge is 2.17. The van der Waals surface area contributed by atoms with Crippen molar-refractivity contribution in [3.05, 3.63) is 29.8 Å². The molecule has 0 fully saturated rings. The number of rotatable bonds is 2. The third kappa shape index (κ3) is 1.75. The Labute approximate surface area is 100 Å². The maximum absolute atomic E-state index is 5.16. The maximum atomic E-state index is 5.16. The van der Waals surface area contributed by atoms with Crippen LogP contribution in [-0.2, 0) is 6.42 Å². The van der Waals surface area contributed by atoms with Crippen molar-refractivity contribution in [3.8, 4) is 17.0 Å². The molecular weight excluding hydrogens is 214 g/mol. The van der Waals surface area contributed by atoms with Gasteiger partial charge in [0.2, 0.25) is 0 Å². The summed E-state index contributed by atoms with van der Waals surface area (Å²) in [7, 11) is 1.68. The first kappa shape index (κ1) is 10.2. The van der Waals surface area contributed by atoms with E-state index in [0.717, 1.165) is 42.2 Å². The Kier molecular flexibility index (Phi) is 2.48. The molecule has 0 amide bonds. The summed E-state index contributed by atoms with van der Waals surface area (Å²) in [5.74, 6) is 1.88. The number of H-pyrrole nitrogens is 1. The summed E-state index contributed by atoms with van der Waals surface area (Å²) in [6.45, 7) is 1.01.